The number of aromatic nitrogens is 1. The molecule has 4 rings (SSSR count). The maximum absolute atomic E-state index is 12.4. The maximum Gasteiger partial charge on any atom is 0.352 e. The molecular formula is C21H19N3O5. The minimum atomic E-state index is -1.19. The number of aliphatic hydroxyl groups excluding tert-OH is 1. The average molecular weight is 393 g/mol. The summed E-state index contributed by atoms with van der Waals surface area (Å²) in [6.45, 7) is 1.53. The topological polar surface area (TPSA) is 120 Å². The number of anilines is 1. The molecule has 1 aromatic heterocycles. The van der Waals surface area contributed by atoms with Crippen LogP contribution in [0.1, 0.15) is 29.3 Å². The monoisotopic (exact) mass is 393 g/mol. The highest BCUT2D eigenvalue weighted by Gasteiger charge is 2.56. The molecule has 2 amide bonds. The molecule has 148 valence electrons. The zero-order valence-electron chi connectivity index (χ0n) is 15.6. The molecule has 2 aliphatic heterocycles. The zero-order chi connectivity index (χ0) is 20.7. The average Bonchev–Trinajstić information content (AvgIpc) is 3.04. The van der Waals surface area contributed by atoms with Gasteiger partial charge in [0, 0.05) is 18.1 Å². The fraction of sp³-hybridized carbons (Fsp3) is 0.238. The molecule has 0 bridgehead atoms. The largest absolute Gasteiger partial charge is 0.477 e. The van der Waals surface area contributed by atoms with Crippen LogP contribution in [0, 0.1) is 5.92 Å². The van der Waals surface area contributed by atoms with Crippen molar-refractivity contribution < 1.29 is 24.6 Å². The minimum Gasteiger partial charge on any atom is -0.477 e. The number of aliphatic hydroxyl groups is 1. The Bertz CT molecular complexity index is 1030. The molecule has 0 aliphatic carbocycles. The van der Waals surface area contributed by atoms with Gasteiger partial charge in [0.2, 0.25) is 5.91 Å². The molecule has 2 aliphatic rings. The molecule has 3 atom stereocenters. The highest BCUT2D eigenvalue weighted by Crippen LogP contribution is 2.47. The predicted molar refractivity (Wildman–Crippen MR) is 104 cm³/mol. The molecule has 29 heavy (non-hydrogen) atoms. The Hall–Kier alpha value is -3.52. The first-order chi connectivity index (χ1) is 13.9. The van der Waals surface area contributed by atoms with E-state index in [4.69, 9.17) is 0 Å². The van der Waals surface area contributed by atoms with Gasteiger partial charge in [0.05, 0.1) is 23.6 Å². The molecule has 2 aromatic rings. The molecule has 1 aromatic carbocycles. The lowest BCUT2D eigenvalue weighted by Gasteiger charge is -2.44. The summed E-state index contributed by atoms with van der Waals surface area (Å²) in [6, 6.07) is 9.77. The normalized spacial score (nSPS) is 21.4. The van der Waals surface area contributed by atoms with Crippen LogP contribution < -0.4 is 5.32 Å². The summed E-state index contributed by atoms with van der Waals surface area (Å²) in [4.78, 5) is 41.7. The number of amides is 2. The lowest BCUT2D eigenvalue weighted by Crippen LogP contribution is -2.61. The van der Waals surface area contributed by atoms with Crippen molar-refractivity contribution in [3.63, 3.8) is 0 Å². The minimum absolute atomic E-state index is 0.0624. The van der Waals surface area contributed by atoms with E-state index in [9.17, 15) is 24.6 Å². The van der Waals surface area contributed by atoms with Crippen LogP contribution >= 0.6 is 0 Å². The first kappa shape index (κ1) is 18.8. The number of aliphatic carboxylic acids is 1. The second kappa shape index (κ2) is 7.14. The van der Waals surface area contributed by atoms with Gasteiger partial charge in [-0.25, -0.2) is 4.79 Å². The Morgan fingerprint density at radius 2 is 2.07 bits per heavy atom. The number of hydrogen-bond donors (Lipinski definition) is 3. The van der Waals surface area contributed by atoms with E-state index in [1.807, 2.05) is 0 Å². The van der Waals surface area contributed by atoms with Crippen LogP contribution in [0.15, 0.2) is 54.5 Å². The van der Waals surface area contributed by atoms with Gasteiger partial charge in [0.1, 0.15) is 5.70 Å². The van der Waals surface area contributed by atoms with E-state index in [0.717, 1.165) is 0 Å². The maximum atomic E-state index is 12.4. The van der Waals surface area contributed by atoms with Crippen LogP contribution in [0.25, 0.3) is 5.57 Å². The molecule has 3 N–H and O–H groups in total. The quantitative estimate of drug-likeness (QED) is 0.666. The first-order valence-corrected chi connectivity index (χ1v) is 9.18. The molecule has 0 radical (unpaired) electrons. The van der Waals surface area contributed by atoms with Crippen molar-refractivity contribution in [2.75, 3.05) is 5.32 Å². The van der Waals surface area contributed by atoms with Crippen molar-refractivity contribution in [1.29, 1.82) is 0 Å². The standard InChI is InChI=1S/C21H19N3O5/c1-11(25)17-16-9-15(18(21(28)29)24(16)20(17)27)12-4-2-6-14(8-12)23-19(26)13-5-3-7-22-10-13/h2-8,10-11,16-17,25H,9H2,1H3,(H,23,26)(H,28,29)/t11-,16-,17-/m1/s1. The summed E-state index contributed by atoms with van der Waals surface area (Å²) in [5.41, 5.74) is 1.96. The summed E-state index contributed by atoms with van der Waals surface area (Å²) in [5, 5.41) is 22.3. The fourth-order valence-corrected chi connectivity index (χ4v) is 4.01. The van der Waals surface area contributed by atoms with Crippen LogP contribution in [0.3, 0.4) is 0 Å². The van der Waals surface area contributed by atoms with E-state index in [2.05, 4.69) is 10.3 Å². The Kier molecular flexibility index (Phi) is 4.63. The van der Waals surface area contributed by atoms with Crippen molar-refractivity contribution in [2.24, 2.45) is 5.92 Å². The summed E-state index contributed by atoms with van der Waals surface area (Å²) in [6.07, 6.45) is 2.52. The van der Waals surface area contributed by atoms with Crippen LogP contribution in [-0.4, -0.2) is 50.0 Å². The number of nitrogens with one attached hydrogen (secondary N) is 1. The van der Waals surface area contributed by atoms with Crippen molar-refractivity contribution in [3.05, 3.63) is 65.6 Å². The third-order valence-corrected chi connectivity index (χ3v) is 5.32. The van der Waals surface area contributed by atoms with Gasteiger partial charge < -0.3 is 20.4 Å². The molecule has 1 saturated heterocycles. The number of pyridine rings is 1. The van der Waals surface area contributed by atoms with Gasteiger partial charge in [-0.1, -0.05) is 12.1 Å². The Balaban J connectivity index is 1.63. The van der Waals surface area contributed by atoms with E-state index >= 15 is 0 Å². The lowest BCUT2D eigenvalue weighted by atomic mass is 9.82. The van der Waals surface area contributed by atoms with Crippen LogP contribution in [0.2, 0.25) is 0 Å². The number of rotatable bonds is 5. The Labute approximate surface area is 166 Å². The number of carbonyl (C=O) groups is 3. The molecule has 1 fully saturated rings. The second-order valence-corrected chi connectivity index (χ2v) is 7.16. The number of carbonyl (C=O) groups excluding carboxylic acids is 2. The van der Waals surface area contributed by atoms with Crippen LogP contribution in [0.4, 0.5) is 5.69 Å². The Morgan fingerprint density at radius 1 is 1.28 bits per heavy atom. The fourth-order valence-electron chi connectivity index (χ4n) is 4.01. The van der Waals surface area contributed by atoms with E-state index in [1.54, 1.807) is 42.6 Å². The predicted octanol–water partition coefficient (Wildman–Crippen LogP) is 1.74. The van der Waals surface area contributed by atoms with Gasteiger partial charge in [-0.15, -0.1) is 0 Å². The molecule has 8 nitrogen and oxygen atoms in total. The Morgan fingerprint density at radius 3 is 2.72 bits per heavy atom. The summed E-state index contributed by atoms with van der Waals surface area (Å²) in [7, 11) is 0. The third-order valence-electron chi connectivity index (χ3n) is 5.32. The third kappa shape index (κ3) is 3.17. The molecule has 8 heteroatoms. The number of carboxylic acid groups (broad SMARTS) is 1. The van der Waals surface area contributed by atoms with E-state index in [-0.39, 0.29) is 23.6 Å². The SMILES string of the molecule is C[C@@H](O)[C@H]1C(=O)N2C(C(=O)O)=C(c3cccc(NC(=O)c4cccnc4)c3)C[C@H]12. The smallest absolute Gasteiger partial charge is 0.352 e. The molecule has 0 spiro atoms. The van der Waals surface area contributed by atoms with E-state index in [1.165, 1.54) is 18.0 Å². The lowest BCUT2D eigenvalue weighted by molar-refractivity contribution is -0.161. The van der Waals surface area contributed by atoms with Crippen molar-refractivity contribution in [1.82, 2.24) is 9.88 Å². The highest BCUT2D eigenvalue weighted by molar-refractivity contribution is 6.07. The molecule has 0 unspecified atom stereocenters. The van der Waals surface area contributed by atoms with Gasteiger partial charge in [0.25, 0.3) is 5.91 Å². The van der Waals surface area contributed by atoms with Crippen molar-refractivity contribution in [3.8, 4) is 0 Å². The van der Waals surface area contributed by atoms with Gasteiger partial charge in [-0.2, -0.15) is 0 Å². The van der Waals surface area contributed by atoms with Crippen molar-refractivity contribution in [2.45, 2.75) is 25.5 Å². The molecular weight excluding hydrogens is 374 g/mol. The summed E-state index contributed by atoms with van der Waals surface area (Å²) >= 11 is 0. The molecule has 3 heterocycles. The van der Waals surface area contributed by atoms with Gasteiger partial charge in [-0.3, -0.25) is 14.6 Å². The summed E-state index contributed by atoms with van der Waals surface area (Å²) < 4.78 is 0. The number of fused-ring (bicyclic) bond motifs is 1. The number of benzene rings is 1. The number of β-lactam (4-membered cyclic amide) rings is 1. The van der Waals surface area contributed by atoms with Gasteiger partial charge >= 0.3 is 5.97 Å². The first-order valence-electron chi connectivity index (χ1n) is 9.18. The van der Waals surface area contributed by atoms with Crippen molar-refractivity contribution >= 4 is 29.0 Å². The second-order valence-electron chi connectivity index (χ2n) is 7.16. The van der Waals surface area contributed by atoms with E-state index in [0.29, 0.717) is 28.8 Å². The van der Waals surface area contributed by atoms with E-state index < -0.39 is 18.0 Å². The van der Waals surface area contributed by atoms with Gasteiger partial charge in [0.15, 0.2) is 0 Å². The molecule has 0 saturated carbocycles. The summed E-state index contributed by atoms with van der Waals surface area (Å²) in [5.74, 6) is -2.50. The number of hydrogen-bond acceptors (Lipinski definition) is 5. The zero-order valence-corrected chi connectivity index (χ0v) is 15.6. The number of nitrogens with zero attached hydrogens (tertiary/aromatic N) is 2. The number of carboxylic acids is 1. The van der Waals surface area contributed by atoms with Crippen LogP contribution in [0.5, 0.6) is 0 Å². The van der Waals surface area contributed by atoms with Gasteiger partial charge in [-0.05, 0) is 48.7 Å². The van der Waals surface area contributed by atoms with Crippen LogP contribution in [-0.2, 0) is 9.59 Å². The highest BCUT2D eigenvalue weighted by atomic mass is 16.4.